The van der Waals surface area contributed by atoms with E-state index in [1.54, 1.807) is 24.3 Å². The molecule has 0 bridgehead atoms. The molecule has 0 heterocycles. The summed E-state index contributed by atoms with van der Waals surface area (Å²) in [7, 11) is 0. The maximum absolute atomic E-state index is 11.5. The molecule has 4 heteroatoms. The van der Waals surface area contributed by atoms with Crippen molar-refractivity contribution < 1.29 is 9.53 Å². The van der Waals surface area contributed by atoms with Gasteiger partial charge >= 0.3 is 0 Å². The fraction of sp³-hybridized carbons (Fsp3) is 0.417. The second-order valence-electron chi connectivity index (χ2n) is 4.46. The summed E-state index contributed by atoms with van der Waals surface area (Å²) >= 11 is 5.80. The highest BCUT2D eigenvalue weighted by atomic mass is 35.5. The fourth-order valence-electron chi connectivity index (χ4n) is 1.05. The van der Waals surface area contributed by atoms with Crippen molar-refractivity contribution in [3.05, 3.63) is 29.3 Å². The molecule has 0 saturated carbocycles. The van der Waals surface area contributed by atoms with E-state index in [4.69, 9.17) is 16.3 Å². The molecule has 1 aromatic rings. The van der Waals surface area contributed by atoms with Gasteiger partial charge in [0.1, 0.15) is 6.61 Å². The number of hydrogen-bond donors (Lipinski definition) is 1. The number of carbonyl (C=O) groups is 1. The maximum atomic E-state index is 11.5. The van der Waals surface area contributed by atoms with Gasteiger partial charge in [-0.15, -0.1) is 0 Å². The van der Waals surface area contributed by atoms with Gasteiger partial charge < -0.3 is 10.1 Å². The molecule has 1 N–H and O–H groups in total. The standard InChI is InChI=1S/C12H16ClNO2/c1-12(2,3)16-8-11(15)14-10-6-4-5-9(13)7-10/h4-7H,8H2,1-3H3,(H,14,15). The summed E-state index contributed by atoms with van der Waals surface area (Å²) < 4.78 is 5.35. The van der Waals surface area contributed by atoms with Crippen LogP contribution in [-0.2, 0) is 9.53 Å². The third-order valence-corrected chi connectivity index (χ3v) is 1.98. The van der Waals surface area contributed by atoms with Crippen LogP contribution < -0.4 is 5.32 Å². The summed E-state index contributed by atoms with van der Waals surface area (Å²) in [4.78, 5) is 11.5. The third-order valence-electron chi connectivity index (χ3n) is 1.74. The Morgan fingerprint density at radius 1 is 1.44 bits per heavy atom. The van der Waals surface area contributed by atoms with E-state index >= 15 is 0 Å². The third kappa shape index (κ3) is 5.14. The smallest absolute Gasteiger partial charge is 0.250 e. The second-order valence-corrected chi connectivity index (χ2v) is 4.90. The summed E-state index contributed by atoms with van der Waals surface area (Å²) in [6.07, 6.45) is 0. The number of nitrogens with one attached hydrogen (secondary N) is 1. The van der Waals surface area contributed by atoms with Gasteiger partial charge in [-0.05, 0) is 39.0 Å². The van der Waals surface area contributed by atoms with Crippen molar-refractivity contribution in [1.29, 1.82) is 0 Å². The zero-order chi connectivity index (χ0) is 12.2. The molecule has 0 aliphatic rings. The van der Waals surface area contributed by atoms with Crippen LogP contribution in [0.15, 0.2) is 24.3 Å². The van der Waals surface area contributed by atoms with Gasteiger partial charge in [0.05, 0.1) is 5.60 Å². The number of hydrogen-bond acceptors (Lipinski definition) is 2. The molecule has 0 atom stereocenters. The van der Waals surface area contributed by atoms with Crippen molar-refractivity contribution in [3.8, 4) is 0 Å². The zero-order valence-electron chi connectivity index (χ0n) is 9.71. The molecule has 16 heavy (non-hydrogen) atoms. The SMILES string of the molecule is CC(C)(C)OCC(=O)Nc1cccc(Cl)c1. The highest BCUT2D eigenvalue weighted by Crippen LogP contribution is 2.15. The molecule has 1 amide bonds. The molecule has 1 rings (SSSR count). The molecule has 0 saturated heterocycles. The average Bonchev–Trinajstić information content (AvgIpc) is 2.14. The van der Waals surface area contributed by atoms with Crippen LogP contribution in [0.25, 0.3) is 0 Å². The number of rotatable bonds is 3. The first kappa shape index (κ1) is 13.0. The number of anilines is 1. The minimum absolute atomic E-state index is 0.0377. The van der Waals surface area contributed by atoms with Crippen LogP contribution in [-0.4, -0.2) is 18.1 Å². The predicted octanol–water partition coefficient (Wildman–Crippen LogP) is 3.09. The van der Waals surface area contributed by atoms with Crippen molar-refractivity contribution >= 4 is 23.2 Å². The first-order valence-corrected chi connectivity index (χ1v) is 5.44. The summed E-state index contributed by atoms with van der Waals surface area (Å²) in [5.41, 5.74) is 0.362. The van der Waals surface area contributed by atoms with Gasteiger partial charge in [0.25, 0.3) is 0 Å². The van der Waals surface area contributed by atoms with Crippen LogP contribution in [0.5, 0.6) is 0 Å². The Balaban J connectivity index is 2.46. The van der Waals surface area contributed by atoms with Gasteiger partial charge in [-0.1, -0.05) is 17.7 Å². The van der Waals surface area contributed by atoms with Crippen LogP contribution >= 0.6 is 11.6 Å². The quantitative estimate of drug-likeness (QED) is 0.883. The highest BCUT2D eigenvalue weighted by Gasteiger charge is 2.12. The van der Waals surface area contributed by atoms with E-state index < -0.39 is 0 Å². The average molecular weight is 242 g/mol. The monoisotopic (exact) mass is 241 g/mol. The number of carbonyl (C=O) groups excluding carboxylic acids is 1. The van der Waals surface area contributed by atoms with Gasteiger partial charge in [-0.25, -0.2) is 0 Å². The Kier molecular flexibility index (Phi) is 4.33. The van der Waals surface area contributed by atoms with E-state index in [1.807, 2.05) is 20.8 Å². The Morgan fingerprint density at radius 2 is 2.12 bits per heavy atom. The summed E-state index contributed by atoms with van der Waals surface area (Å²) in [5.74, 6) is -0.183. The molecule has 0 spiro atoms. The minimum Gasteiger partial charge on any atom is -0.366 e. The number of halogens is 1. The van der Waals surface area contributed by atoms with E-state index in [0.29, 0.717) is 10.7 Å². The highest BCUT2D eigenvalue weighted by molar-refractivity contribution is 6.30. The first-order chi connectivity index (χ1) is 7.37. The minimum atomic E-state index is -0.314. The lowest BCUT2D eigenvalue weighted by Gasteiger charge is -2.18. The molecule has 88 valence electrons. The lowest BCUT2D eigenvalue weighted by atomic mass is 10.2. The second kappa shape index (κ2) is 5.32. The Labute approximate surface area is 101 Å². The molecule has 0 aromatic heterocycles. The molecule has 0 fully saturated rings. The molecular weight excluding hydrogens is 226 g/mol. The summed E-state index contributed by atoms with van der Waals surface area (Å²) in [5, 5.41) is 3.30. The van der Waals surface area contributed by atoms with Gasteiger partial charge in [0, 0.05) is 10.7 Å². The lowest BCUT2D eigenvalue weighted by Crippen LogP contribution is -2.27. The van der Waals surface area contributed by atoms with Crippen molar-refractivity contribution in [2.24, 2.45) is 0 Å². The van der Waals surface area contributed by atoms with Crippen LogP contribution in [0.2, 0.25) is 5.02 Å². The zero-order valence-corrected chi connectivity index (χ0v) is 10.5. The van der Waals surface area contributed by atoms with Crippen molar-refractivity contribution in [2.75, 3.05) is 11.9 Å². The molecule has 0 radical (unpaired) electrons. The number of ether oxygens (including phenoxy) is 1. The molecule has 0 aliphatic carbocycles. The number of benzene rings is 1. The first-order valence-electron chi connectivity index (χ1n) is 5.06. The largest absolute Gasteiger partial charge is 0.366 e. The predicted molar refractivity (Wildman–Crippen MR) is 65.8 cm³/mol. The fourth-order valence-corrected chi connectivity index (χ4v) is 1.24. The molecule has 0 unspecified atom stereocenters. The van der Waals surface area contributed by atoms with Gasteiger partial charge in [-0.3, -0.25) is 4.79 Å². The van der Waals surface area contributed by atoms with Crippen LogP contribution in [0.3, 0.4) is 0 Å². The maximum Gasteiger partial charge on any atom is 0.250 e. The number of amides is 1. The normalized spacial score (nSPS) is 11.2. The Hall–Kier alpha value is -1.06. The van der Waals surface area contributed by atoms with Crippen LogP contribution in [0.1, 0.15) is 20.8 Å². The Bertz CT molecular complexity index is 372. The topological polar surface area (TPSA) is 38.3 Å². The molecule has 3 nitrogen and oxygen atoms in total. The van der Waals surface area contributed by atoms with E-state index in [0.717, 1.165) is 0 Å². The van der Waals surface area contributed by atoms with E-state index in [1.165, 1.54) is 0 Å². The molecular formula is C12H16ClNO2. The van der Waals surface area contributed by atoms with Crippen LogP contribution in [0, 0.1) is 0 Å². The van der Waals surface area contributed by atoms with E-state index in [-0.39, 0.29) is 18.1 Å². The van der Waals surface area contributed by atoms with Crippen molar-refractivity contribution in [2.45, 2.75) is 26.4 Å². The molecule has 0 aliphatic heterocycles. The van der Waals surface area contributed by atoms with Gasteiger partial charge in [-0.2, -0.15) is 0 Å². The summed E-state index contributed by atoms with van der Waals surface area (Å²) in [6, 6.07) is 7.00. The van der Waals surface area contributed by atoms with Crippen molar-refractivity contribution in [3.63, 3.8) is 0 Å². The van der Waals surface area contributed by atoms with Crippen molar-refractivity contribution in [1.82, 2.24) is 0 Å². The Morgan fingerprint density at radius 3 is 2.69 bits per heavy atom. The van der Waals surface area contributed by atoms with Gasteiger partial charge in [0.2, 0.25) is 5.91 Å². The van der Waals surface area contributed by atoms with Gasteiger partial charge in [0.15, 0.2) is 0 Å². The molecule has 1 aromatic carbocycles. The van der Waals surface area contributed by atoms with Crippen LogP contribution in [0.4, 0.5) is 5.69 Å². The summed E-state index contributed by atoms with van der Waals surface area (Å²) in [6.45, 7) is 5.75. The lowest BCUT2D eigenvalue weighted by molar-refractivity contribution is -0.125. The van der Waals surface area contributed by atoms with E-state index in [2.05, 4.69) is 5.32 Å². The van der Waals surface area contributed by atoms with E-state index in [9.17, 15) is 4.79 Å².